The highest BCUT2D eigenvalue weighted by Crippen LogP contribution is 2.42. The predicted molar refractivity (Wildman–Crippen MR) is 82.8 cm³/mol. The summed E-state index contributed by atoms with van der Waals surface area (Å²) < 4.78 is 10.7. The van der Waals surface area contributed by atoms with Gasteiger partial charge in [-0.15, -0.1) is 0 Å². The Morgan fingerprint density at radius 2 is 2.00 bits per heavy atom. The molecule has 1 aromatic rings. The standard InChI is InChI=1S/C17H23NO4/c1-11(19)18-9-8-13-4-7-17(22-12(2)20)15-6-5-14(21-3)10-16(13)15/h5-6,10,13,17H,4,7-9H2,1-3H3,(H,18,19). The van der Waals surface area contributed by atoms with Crippen molar-refractivity contribution < 1.29 is 19.1 Å². The number of fused-ring (bicyclic) bond motifs is 1. The van der Waals surface area contributed by atoms with Gasteiger partial charge in [-0.2, -0.15) is 0 Å². The van der Waals surface area contributed by atoms with Crippen molar-refractivity contribution in [3.63, 3.8) is 0 Å². The van der Waals surface area contributed by atoms with Crippen LogP contribution in [0.3, 0.4) is 0 Å². The molecule has 0 spiro atoms. The first-order chi connectivity index (χ1) is 10.5. The lowest BCUT2D eigenvalue weighted by molar-refractivity contribution is -0.147. The normalized spacial score (nSPS) is 20.0. The van der Waals surface area contributed by atoms with Crippen molar-refractivity contribution in [2.24, 2.45) is 0 Å². The molecule has 0 bridgehead atoms. The molecule has 0 saturated carbocycles. The molecular formula is C17H23NO4. The number of amides is 1. The van der Waals surface area contributed by atoms with E-state index >= 15 is 0 Å². The number of nitrogens with one attached hydrogen (secondary N) is 1. The van der Waals surface area contributed by atoms with Crippen LogP contribution in [0.15, 0.2) is 18.2 Å². The van der Waals surface area contributed by atoms with E-state index in [1.54, 1.807) is 7.11 Å². The smallest absolute Gasteiger partial charge is 0.303 e. The molecule has 22 heavy (non-hydrogen) atoms. The molecule has 0 fully saturated rings. The van der Waals surface area contributed by atoms with Gasteiger partial charge >= 0.3 is 5.97 Å². The first kappa shape index (κ1) is 16.3. The molecule has 0 radical (unpaired) electrons. The molecule has 0 heterocycles. The summed E-state index contributed by atoms with van der Waals surface area (Å²) in [6, 6.07) is 5.89. The van der Waals surface area contributed by atoms with Gasteiger partial charge in [0.05, 0.1) is 7.11 Å². The van der Waals surface area contributed by atoms with Crippen LogP contribution < -0.4 is 10.1 Å². The molecular weight excluding hydrogens is 282 g/mol. The van der Waals surface area contributed by atoms with Crippen LogP contribution in [0.2, 0.25) is 0 Å². The minimum atomic E-state index is -0.261. The highest BCUT2D eigenvalue weighted by atomic mass is 16.5. The maximum Gasteiger partial charge on any atom is 0.303 e. The number of carbonyl (C=O) groups is 2. The highest BCUT2D eigenvalue weighted by molar-refractivity contribution is 5.72. The molecule has 1 aliphatic carbocycles. The summed E-state index contributed by atoms with van der Waals surface area (Å²) in [5, 5.41) is 2.84. The Hall–Kier alpha value is -2.04. The molecule has 0 saturated heterocycles. The topological polar surface area (TPSA) is 64.6 Å². The van der Waals surface area contributed by atoms with Crippen LogP contribution in [-0.4, -0.2) is 25.5 Å². The first-order valence-electron chi connectivity index (χ1n) is 7.60. The van der Waals surface area contributed by atoms with Gasteiger partial charge in [0.2, 0.25) is 5.91 Å². The van der Waals surface area contributed by atoms with Gasteiger partial charge in [-0.1, -0.05) is 6.07 Å². The highest BCUT2D eigenvalue weighted by Gasteiger charge is 2.29. The van der Waals surface area contributed by atoms with Crippen LogP contribution in [-0.2, 0) is 14.3 Å². The molecule has 1 aliphatic rings. The Bertz CT molecular complexity index is 556. The molecule has 1 amide bonds. The zero-order valence-corrected chi connectivity index (χ0v) is 13.3. The van der Waals surface area contributed by atoms with E-state index in [1.165, 1.54) is 13.8 Å². The van der Waals surface area contributed by atoms with Crippen molar-refractivity contribution in [3.8, 4) is 5.75 Å². The fraction of sp³-hybridized carbons (Fsp3) is 0.529. The average molecular weight is 305 g/mol. The number of hydrogen-bond donors (Lipinski definition) is 1. The minimum absolute atomic E-state index is 0.0144. The van der Waals surface area contributed by atoms with Crippen molar-refractivity contribution >= 4 is 11.9 Å². The number of esters is 1. The molecule has 0 aromatic heterocycles. The zero-order chi connectivity index (χ0) is 16.1. The first-order valence-corrected chi connectivity index (χ1v) is 7.60. The van der Waals surface area contributed by atoms with E-state index in [0.29, 0.717) is 12.5 Å². The number of ether oxygens (including phenoxy) is 2. The van der Waals surface area contributed by atoms with Crippen molar-refractivity contribution in [2.75, 3.05) is 13.7 Å². The largest absolute Gasteiger partial charge is 0.497 e. The third kappa shape index (κ3) is 4.00. The predicted octanol–water partition coefficient (Wildman–Crippen LogP) is 2.70. The van der Waals surface area contributed by atoms with Gasteiger partial charge in [0.15, 0.2) is 0 Å². The number of hydrogen-bond acceptors (Lipinski definition) is 4. The van der Waals surface area contributed by atoms with E-state index < -0.39 is 0 Å². The quantitative estimate of drug-likeness (QED) is 0.850. The molecule has 120 valence electrons. The molecule has 5 nitrogen and oxygen atoms in total. The molecule has 1 N–H and O–H groups in total. The van der Waals surface area contributed by atoms with E-state index in [-0.39, 0.29) is 18.0 Å². The summed E-state index contributed by atoms with van der Waals surface area (Å²) in [5.41, 5.74) is 2.21. The second-order valence-corrected chi connectivity index (χ2v) is 5.64. The summed E-state index contributed by atoms with van der Waals surface area (Å²) >= 11 is 0. The van der Waals surface area contributed by atoms with E-state index in [4.69, 9.17) is 9.47 Å². The second-order valence-electron chi connectivity index (χ2n) is 5.64. The van der Waals surface area contributed by atoms with Crippen LogP contribution in [0.5, 0.6) is 5.75 Å². The Kier molecular flexibility index (Phi) is 5.41. The fourth-order valence-corrected chi connectivity index (χ4v) is 3.04. The van der Waals surface area contributed by atoms with Crippen molar-refractivity contribution in [1.82, 2.24) is 5.32 Å². The van der Waals surface area contributed by atoms with Crippen LogP contribution in [0.25, 0.3) is 0 Å². The third-order valence-electron chi connectivity index (χ3n) is 4.03. The SMILES string of the molecule is COc1ccc2c(c1)C(CCNC(C)=O)CCC2OC(C)=O. The monoisotopic (exact) mass is 305 g/mol. The van der Waals surface area contributed by atoms with E-state index in [0.717, 1.165) is 36.1 Å². The molecule has 0 aliphatic heterocycles. The number of benzene rings is 1. The summed E-state index contributed by atoms with van der Waals surface area (Å²) in [6.45, 7) is 3.61. The van der Waals surface area contributed by atoms with Crippen molar-refractivity contribution in [2.45, 2.75) is 45.1 Å². The zero-order valence-electron chi connectivity index (χ0n) is 13.3. The maximum absolute atomic E-state index is 11.3. The van der Waals surface area contributed by atoms with Crippen LogP contribution >= 0.6 is 0 Å². The summed E-state index contributed by atoms with van der Waals surface area (Å²) in [4.78, 5) is 22.3. The fourth-order valence-electron chi connectivity index (χ4n) is 3.04. The van der Waals surface area contributed by atoms with Gasteiger partial charge in [0, 0.05) is 20.4 Å². The lowest BCUT2D eigenvalue weighted by atomic mass is 9.79. The molecule has 1 aromatic carbocycles. The number of methoxy groups -OCH3 is 1. The van der Waals surface area contributed by atoms with Crippen molar-refractivity contribution in [1.29, 1.82) is 0 Å². The van der Waals surface area contributed by atoms with Gasteiger partial charge in [0.25, 0.3) is 0 Å². The Morgan fingerprint density at radius 1 is 1.23 bits per heavy atom. The molecule has 2 unspecified atom stereocenters. The minimum Gasteiger partial charge on any atom is -0.497 e. The van der Waals surface area contributed by atoms with Gasteiger partial charge in [-0.05, 0) is 48.4 Å². The second kappa shape index (κ2) is 7.29. The van der Waals surface area contributed by atoms with Crippen LogP contribution in [0.4, 0.5) is 0 Å². The average Bonchev–Trinajstić information content (AvgIpc) is 2.48. The molecule has 2 rings (SSSR count). The van der Waals surface area contributed by atoms with E-state index in [2.05, 4.69) is 5.32 Å². The van der Waals surface area contributed by atoms with E-state index in [1.807, 2.05) is 18.2 Å². The Labute approximate surface area is 131 Å². The van der Waals surface area contributed by atoms with Gasteiger partial charge in [-0.3, -0.25) is 9.59 Å². The maximum atomic E-state index is 11.3. The summed E-state index contributed by atoms with van der Waals surface area (Å²) in [6.07, 6.45) is 2.42. The molecule has 2 atom stereocenters. The Balaban J connectivity index is 2.20. The van der Waals surface area contributed by atoms with Crippen LogP contribution in [0, 0.1) is 0 Å². The number of rotatable bonds is 5. The molecule has 5 heteroatoms. The lowest BCUT2D eigenvalue weighted by Gasteiger charge is -2.31. The number of carbonyl (C=O) groups excluding carboxylic acids is 2. The van der Waals surface area contributed by atoms with Gasteiger partial charge in [0.1, 0.15) is 11.9 Å². The third-order valence-corrected chi connectivity index (χ3v) is 4.03. The summed E-state index contributed by atoms with van der Waals surface area (Å²) in [7, 11) is 1.64. The Morgan fingerprint density at radius 3 is 2.64 bits per heavy atom. The lowest BCUT2D eigenvalue weighted by Crippen LogP contribution is -2.25. The van der Waals surface area contributed by atoms with Gasteiger partial charge in [-0.25, -0.2) is 0 Å². The van der Waals surface area contributed by atoms with E-state index in [9.17, 15) is 9.59 Å². The van der Waals surface area contributed by atoms with Crippen LogP contribution in [0.1, 0.15) is 56.3 Å². The van der Waals surface area contributed by atoms with Gasteiger partial charge < -0.3 is 14.8 Å². The van der Waals surface area contributed by atoms with Crippen molar-refractivity contribution in [3.05, 3.63) is 29.3 Å². The summed E-state index contributed by atoms with van der Waals surface area (Å²) in [5.74, 6) is 0.860.